The number of hydrogen-bond acceptors (Lipinski definition) is 0. The van der Waals surface area contributed by atoms with E-state index in [9.17, 15) is 0 Å². The molecule has 0 aliphatic carbocycles. The molecule has 5 aromatic carbocycles. The van der Waals surface area contributed by atoms with E-state index in [1.807, 2.05) is 0 Å². The summed E-state index contributed by atoms with van der Waals surface area (Å²) >= 11 is 0. The van der Waals surface area contributed by atoms with Gasteiger partial charge >= 0.3 is 0 Å². The van der Waals surface area contributed by atoms with E-state index < -0.39 is 0 Å². The van der Waals surface area contributed by atoms with Crippen LogP contribution in [0.25, 0.3) is 55.0 Å². The van der Waals surface area contributed by atoms with E-state index in [-0.39, 0.29) is 0 Å². The van der Waals surface area contributed by atoms with Gasteiger partial charge in [0.1, 0.15) is 0 Å². The first-order valence-corrected chi connectivity index (χ1v) is 12.3. The van der Waals surface area contributed by atoms with Gasteiger partial charge in [-0.25, -0.2) is 0 Å². The lowest BCUT2D eigenvalue weighted by Gasteiger charge is -2.22. The second-order valence-electron chi connectivity index (χ2n) is 9.60. The zero-order valence-electron chi connectivity index (χ0n) is 19.9. The maximum absolute atomic E-state index is 2.46. The molecule has 0 N–H and O–H groups in total. The van der Waals surface area contributed by atoms with Crippen molar-refractivity contribution in [3.8, 4) is 11.4 Å². The highest BCUT2D eigenvalue weighted by molar-refractivity contribution is 6.10. The van der Waals surface area contributed by atoms with Crippen LogP contribution < -0.4 is 0 Å². The zero-order chi connectivity index (χ0) is 23.5. The number of fused-ring (bicyclic) bond motifs is 6. The lowest BCUT2D eigenvalue weighted by Crippen LogP contribution is -2.07. The third-order valence-electron chi connectivity index (χ3n) is 7.28. The lowest BCUT2D eigenvalue weighted by molar-refractivity contribution is 0.842. The van der Waals surface area contributed by atoms with Gasteiger partial charge in [-0.1, -0.05) is 92.7 Å². The van der Waals surface area contributed by atoms with Gasteiger partial charge in [-0.2, -0.15) is 0 Å². The maximum Gasteiger partial charge on any atom is 0.0541 e. The van der Waals surface area contributed by atoms with Crippen LogP contribution in [-0.4, -0.2) is 9.13 Å². The fourth-order valence-electron chi connectivity index (χ4n) is 5.89. The van der Waals surface area contributed by atoms with Crippen LogP contribution in [0.3, 0.4) is 0 Å². The second kappa shape index (κ2) is 7.61. The predicted octanol–water partition coefficient (Wildman–Crippen LogP) is 9.00. The van der Waals surface area contributed by atoms with Gasteiger partial charge in [0.25, 0.3) is 0 Å². The molecule has 0 radical (unpaired) electrons. The van der Waals surface area contributed by atoms with Crippen molar-refractivity contribution in [1.82, 2.24) is 9.13 Å². The molecular formula is C33H26N2. The van der Waals surface area contributed by atoms with E-state index in [1.54, 1.807) is 0 Å². The summed E-state index contributed by atoms with van der Waals surface area (Å²) in [5.41, 5.74) is 8.83. The van der Waals surface area contributed by atoms with Crippen molar-refractivity contribution in [3.05, 3.63) is 121 Å². The third-order valence-corrected chi connectivity index (χ3v) is 7.28. The summed E-state index contributed by atoms with van der Waals surface area (Å²) in [5.74, 6) is 0.334. The van der Waals surface area contributed by atoms with Crippen LogP contribution in [0.2, 0.25) is 0 Å². The summed E-state index contributed by atoms with van der Waals surface area (Å²) in [7, 11) is 0. The molecule has 7 rings (SSSR count). The second-order valence-corrected chi connectivity index (χ2v) is 9.60. The van der Waals surface area contributed by atoms with Gasteiger partial charge in [0.05, 0.1) is 33.4 Å². The van der Waals surface area contributed by atoms with Crippen molar-refractivity contribution in [2.45, 2.75) is 19.8 Å². The lowest BCUT2D eigenvalue weighted by atomic mass is 9.98. The molecule has 0 atom stereocenters. The Morgan fingerprint density at radius 1 is 0.400 bits per heavy atom. The Hall–Kier alpha value is -4.30. The van der Waals surface area contributed by atoms with Crippen molar-refractivity contribution in [3.63, 3.8) is 0 Å². The van der Waals surface area contributed by atoms with Crippen molar-refractivity contribution in [2.75, 3.05) is 0 Å². The Labute approximate surface area is 204 Å². The molecule has 0 aliphatic rings. The molecule has 2 aromatic heterocycles. The van der Waals surface area contributed by atoms with E-state index in [0.717, 1.165) is 0 Å². The topological polar surface area (TPSA) is 9.86 Å². The first kappa shape index (κ1) is 20.1. The number of benzene rings is 5. The summed E-state index contributed by atoms with van der Waals surface area (Å²) in [6.07, 6.45) is 0. The highest BCUT2D eigenvalue weighted by Gasteiger charge is 2.21. The molecule has 0 saturated carbocycles. The molecule has 0 spiro atoms. The van der Waals surface area contributed by atoms with E-state index in [1.165, 1.54) is 60.5 Å². The molecule has 0 fully saturated rings. The highest BCUT2D eigenvalue weighted by Crippen LogP contribution is 2.39. The van der Waals surface area contributed by atoms with Crippen molar-refractivity contribution in [1.29, 1.82) is 0 Å². The van der Waals surface area contributed by atoms with E-state index in [4.69, 9.17) is 0 Å². The maximum atomic E-state index is 2.46. The molecule has 0 saturated heterocycles. The average Bonchev–Trinajstić information content (AvgIpc) is 3.41. The Kier molecular flexibility index (Phi) is 4.37. The molecule has 2 nitrogen and oxygen atoms in total. The minimum atomic E-state index is 0.334. The molecule has 7 aromatic rings. The quantitative estimate of drug-likeness (QED) is 0.254. The van der Waals surface area contributed by atoms with E-state index in [0.29, 0.717) is 5.92 Å². The normalized spacial score (nSPS) is 12.0. The molecule has 0 unspecified atom stereocenters. The number of rotatable bonds is 3. The first-order chi connectivity index (χ1) is 17.2. The zero-order valence-corrected chi connectivity index (χ0v) is 19.9. The molecule has 168 valence electrons. The third kappa shape index (κ3) is 2.83. The molecular weight excluding hydrogens is 424 g/mol. The molecule has 0 amide bonds. The largest absolute Gasteiger partial charge is 0.309 e. The predicted molar refractivity (Wildman–Crippen MR) is 149 cm³/mol. The standard InChI is InChI=1S/C33H26N2/c1-22(2)33-31(34-27-16-7-3-12-23(27)24-13-4-8-17-28(24)34)20-11-21-32(33)35-29-18-9-5-14-25(29)26-15-6-10-19-30(26)35/h3-22H,1-2H3. The SMILES string of the molecule is CC(C)c1c(-n2c3ccccc3c3ccccc32)cccc1-n1c2ccccc2c2ccccc21. The molecule has 35 heavy (non-hydrogen) atoms. The minimum Gasteiger partial charge on any atom is -0.309 e. The Bertz CT molecular complexity index is 1640. The van der Waals surface area contributed by atoms with Crippen LogP contribution in [-0.2, 0) is 0 Å². The van der Waals surface area contributed by atoms with Crippen LogP contribution >= 0.6 is 0 Å². The number of aromatic nitrogens is 2. The van der Waals surface area contributed by atoms with Crippen LogP contribution in [0, 0.1) is 0 Å². The fraction of sp³-hybridized carbons (Fsp3) is 0.0909. The molecule has 2 heterocycles. The van der Waals surface area contributed by atoms with Crippen molar-refractivity contribution >= 4 is 43.6 Å². The monoisotopic (exact) mass is 450 g/mol. The van der Waals surface area contributed by atoms with Crippen molar-refractivity contribution < 1.29 is 0 Å². The van der Waals surface area contributed by atoms with Crippen molar-refractivity contribution in [2.24, 2.45) is 0 Å². The summed E-state index contributed by atoms with van der Waals surface area (Å²) in [6, 6.07) is 41.8. The molecule has 0 bridgehead atoms. The fourth-order valence-corrected chi connectivity index (χ4v) is 5.89. The van der Waals surface area contributed by atoms with E-state index >= 15 is 0 Å². The van der Waals surface area contributed by atoms with Crippen LogP contribution in [0.4, 0.5) is 0 Å². The van der Waals surface area contributed by atoms with Crippen LogP contribution in [0.5, 0.6) is 0 Å². The Morgan fingerprint density at radius 2 is 0.714 bits per heavy atom. The van der Waals surface area contributed by atoms with Gasteiger partial charge in [-0.05, 0) is 42.3 Å². The first-order valence-electron chi connectivity index (χ1n) is 12.3. The number of para-hydroxylation sites is 4. The average molecular weight is 451 g/mol. The summed E-state index contributed by atoms with van der Waals surface area (Å²) in [6.45, 7) is 4.62. The van der Waals surface area contributed by atoms with Gasteiger partial charge < -0.3 is 9.13 Å². The smallest absolute Gasteiger partial charge is 0.0541 e. The van der Waals surface area contributed by atoms with Crippen LogP contribution in [0.1, 0.15) is 25.3 Å². The highest BCUT2D eigenvalue weighted by atomic mass is 15.0. The Balaban J connectivity index is 1.64. The van der Waals surface area contributed by atoms with Gasteiger partial charge in [0.2, 0.25) is 0 Å². The number of nitrogens with zero attached hydrogens (tertiary/aromatic N) is 2. The van der Waals surface area contributed by atoms with Crippen LogP contribution in [0.15, 0.2) is 115 Å². The summed E-state index contributed by atoms with van der Waals surface area (Å²) < 4.78 is 4.91. The van der Waals surface area contributed by atoms with Gasteiger partial charge in [-0.15, -0.1) is 0 Å². The van der Waals surface area contributed by atoms with Gasteiger partial charge in [0, 0.05) is 27.1 Å². The molecule has 0 aliphatic heterocycles. The van der Waals surface area contributed by atoms with E-state index in [2.05, 4.69) is 138 Å². The summed E-state index contributed by atoms with van der Waals surface area (Å²) in [5, 5.41) is 5.17. The Morgan fingerprint density at radius 3 is 1.03 bits per heavy atom. The molecule has 2 heteroatoms. The van der Waals surface area contributed by atoms with Gasteiger partial charge in [0.15, 0.2) is 0 Å². The number of hydrogen-bond donors (Lipinski definition) is 0. The summed E-state index contributed by atoms with van der Waals surface area (Å²) in [4.78, 5) is 0. The minimum absolute atomic E-state index is 0.334. The van der Waals surface area contributed by atoms with Gasteiger partial charge in [-0.3, -0.25) is 0 Å².